The maximum atomic E-state index is 9.59. The Morgan fingerprint density at radius 1 is 1.77 bits per heavy atom. The maximum Gasteiger partial charge on any atom is 0.217 e. The number of aromatic nitrogens is 2. The number of nitrogens with two attached hydrogens (primary N) is 1. The molecule has 0 aromatic carbocycles. The van der Waals surface area contributed by atoms with Gasteiger partial charge in [0.1, 0.15) is 0 Å². The number of H-pyrrole nitrogens is 1. The van der Waals surface area contributed by atoms with Gasteiger partial charge in [-0.15, -0.1) is 24.0 Å². The van der Waals surface area contributed by atoms with Gasteiger partial charge in [0.05, 0.1) is 5.88 Å². The van der Waals surface area contributed by atoms with Crippen molar-refractivity contribution in [3.8, 4) is 0 Å². The van der Waals surface area contributed by atoms with Crippen LogP contribution in [0.5, 0.6) is 0 Å². The lowest BCUT2D eigenvalue weighted by atomic mass is 10.5. The van der Waals surface area contributed by atoms with Gasteiger partial charge in [0.2, 0.25) is 5.91 Å². The van der Waals surface area contributed by atoms with Crippen molar-refractivity contribution in [2.24, 2.45) is 5.73 Å². The molecule has 76 valence electrons. The Morgan fingerprint density at radius 3 is 2.46 bits per heavy atom. The summed E-state index contributed by atoms with van der Waals surface area (Å²) in [5.41, 5.74) is 5.61. The molecule has 0 atom stereocenters. The van der Waals surface area contributed by atoms with E-state index in [0.29, 0.717) is 12.3 Å². The third kappa shape index (κ3) is 9.17. The fourth-order valence-corrected chi connectivity index (χ4v) is 0.508. The van der Waals surface area contributed by atoms with Crippen molar-refractivity contribution < 1.29 is 4.79 Å². The smallest absolute Gasteiger partial charge is 0.217 e. The van der Waals surface area contributed by atoms with Gasteiger partial charge >= 0.3 is 0 Å². The first-order valence-electron chi connectivity index (χ1n) is 3.53. The van der Waals surface area contributed by atoms with Gasteiger partial charge in [-0.1, -0.05) is 6.92 Å². The molecule has 1 amide bonds. The first-order chi connectivity index (χ1) is 5.70. The number of nitrogens with zero attached hydrogens (tertiary/aromatic N) is 1. The Labute approximate surface area is 88.3 Å². The molecule has 0 saturated carbocycles. The van der Waals surface area contributed by atoms with Crippen molar-refractivity contribution in [3.63, 3.8) is 0 Å². The van der Waals surface area contributed by atoms with Gasteiger partial charge in [-0.25, -0.2) is 0 Å². The van der Waals surface area contributed by atoms with Crippen LogP contribution in [-0.4, -0.2) is 16.1 Å². The second kappa shape index (κ2) is 9.35. The standard InChI is InChI=1S/C4H5ClN2.C3H7NO.ClH/c5-3-4-1-2-6-7-4;1-2-3(4)5;/h1-2H,3H2,(H,6,7);2H2,1H3,(H2,4,5);1H. The average molecular weight is 226 g/mol. The van der Waals surface area contributed by atoms with Crippen LogP contribution in [-0.2, 0) is 10.7 Å². The van der Waals surface area contributed by atoms with Gasteiger partial charge in [0.15, 0.2) is 0 Å². The number of primary amides is 1. The Bertz CT molecular complexity index is 214. The predicted octanol–water partition coefficient (Wildman–Crippen LogP) is 1.45. The summed E-state index contributed by atoms with van der Waals surface area (Å²) < 4.78 is 0. The highest BCUT2D eigenvalue weighted by atomic mass is 35.5. The molecule has 0 unspecified atom stereocenters. The highest BCUT2D eigenvalue weighted by Crippen LogP contribution is 1.94. The minimum absolute atomic E-state index is 0. The zero-order valence-corrected chi connectivity index (χ0v) is 8.86. The Kier molecular flexibility index (Phi) is 10.6. The Balaban J connectivity index is 0. The number of aromatic amines is 1. The molecule has 1 rings (SSSR count). The van der Waals surface area contributed by atoms with Gasteiger partial charge in [-0.05, 0) is 6.07 Å². The summed E-state index contributed by atoms with van der Waals surface area (Å²) in [7, 11) is 0. The third-order valence-electron chi connectivity index (χ3n) is 1.05. The molecule has 1 heterocycles. The average Bonchev–Trinajstić information content (AvgIpc) is 2.57. The number of amides is 1. The first-order valence-corrected chi connectivity index (χ1v) is 4.06. The van der Waals surface area contributed by atoms with E-state index in [4.69, 9.17) is 11.6 Å². The van der Waals surface area contributed by atoms with Crippen LogP contribution in [0.15, 0.2) is 12.3 Å². The van der Waals surface area contributed by atoms with Crippen molar-refractivity contribution in [1.82, 2.24) is 10.2 Å². The molecule has 1 aromatic heterocycles. The van der Waals surface area contributed by atoms with Crippen LogP contribution in [0.4, 0.5) is 0 Å². The van der Waals surface area contributed by atoms with Gasteiger partial charge < -0.3 is 5.73 Å². The van der Waals surface area contributed by atoms with E-state index >= 15 is 0 Å². The van der Waals surface area contributed by atoms with Crippen LogP contribution in [0.3, 0.4) is 0 Å². The number of alkyl halides is 1. The monoisotopic (exact) mass is 225 g/mol. The molecule has 13 heavy (non-hydrogen) atoms. The van der Waals surface area contributed by atoms with E-state index < -0.39 is 0 Å². The SMILES string of the molecule is CCC(N)=O.Cl.ClCc1ccn[nH]1. The lowest BCUT2D eigenvalue weighted by Crippen LogP contribution is -2.06. The second-order valence-corrected chi connectivity index (χ2v) is 2.30. The van der Waals surface area contributed by atoms with Crippen LogP contribution >= 0.6 is 24.0 Å². The number of carbonyl (C=O) groups excluding carboxylic acids is 1. The molecule has 0 bridgehead atoms. The first kappa shape index (κ1) is 14.8. The zero-order chi connectivity index (χ0) is 9.40. The summed E-state index contributed by atoms with van der Waals surface area (Å²) in [6.07, 6.45) is 2.12. The van der Waals surface area contributed by atoms with Gasteiger partial charge in [-0.3, -0.25) is 9.89 Å². The van der Waals surface area contributed by atoms with Crippen molar-refractivity contribution in [2.45, 2.75) is 19.2 Å². The minimum atomic E-state index is -0.245. The summed E-state index contributed by atoms with van der Waals surface area (Å²) in [5, 5.41) is 6.39. The molecule has 0 spiro atoms. The zero-order valence-electron chi connectivity index (χ0n) is 7.29. The van der Waals surface area contributed by atoms with E-state index in [2.05, 4.69) is 15.9 Å². The lowest BCUT2D eigenvalue weighted by molar-refractivity contribution is -0.117. The van der Waals surface area contributed by atoms with E-state index in [-0.39, 0.29) is 18.3 Å². The minimum Gasteiger partial charge on any atom is -0.370 e. The number of rotatable bonds is 2. The van der Waals surface area contributed by atoms with E-state index in [1.807, 2.05) is 6.07 Å². The molecular formula is C7H13Cl2N3O. The molecule has 0 saturated heterocycles. The van der Waals surface area contributed by atoms with Crippen LogP contribution < -0.4 is 5.73 Å². The summed E-state index contributed by atoms with van der Waals surface area (Å²) in [6.45, 7) is 1.72. The topological polar surface area (TPSA) is 71.8 Å². The fourth-order valence-electron chi connectivity index (χ4n) is 0.359. The van der Waals surface area contributed by atoms with Crippen LogP contribution in [0.1, 0.15) is 19.0 Å². The van der Waals surface area contributed by atoms with Crippen LogP contribution in [0.25, 0.3) is 0 Å². The summed E-state index contributed by atoms with van der Waals surface area (Å²) >= 11 is 5.40. The molecule has 0 aliphatic heterocycles. The summed E-state index contributed by atoms with van der Waals surface area (Å²) in [4.78, 5) is 9.59. The highest BCUT2D eigenvalue weighted by molar-refractivity contribution is 6.16. The normalized spacial score (nSPS) is 7.85. The number of nitrogens with one attached hydrogen (secondary N) is 1. The van der Waals surface area contributed by atoms with Crippen LogP contribution in [0.2, 0.25) is 0 Å². The summed E-state index contributed by atoms with van der Waals surface area (Å²) in [6, 6.07) is 1.84. The quantitative estimate of drug-likeness (QED) is 0.749. The number of hydrogen-bond donors (Lipinski definition) is 2. The van der Waals surface area contributed by atoms with Crippen molar-refractivity contribution in [2.75, 3.05) is 0 Å². The predicted molar refractivity (Wildman–Crippen MR) is 54.9 cm³/mol. The highest BCUT2D eigenvalue weighted by Gasteiger charge is 1.84. The molecule has 3 N–H and O–H groups in total. The fraction of sp³-hybridized carbons (Fsp3) is 0.429. The Hall–Kier alpha value is -0.740. The molecule has 6 heteroatoms. The van der Waals surface area contributed by atoms with Crippen LogP contribution in [0, 0.1) is 0 Å². The van der Waals surface area contributed by atoms with E-state index in [9.17, 15) is 4.79 Å². The van der Waals surface area contributed by atoms with E-state index in [0.717, 1.165) is 5.69 Å². The molecule has 0 fully saturated rings. The van der Waals surface area contributed by atoms with Crippen molar-refractivity contribution in [1.29, 1.82) is 0 Å². The van der Waals surface area contributed by atoms with Crippen molar-refractivity contribution >= 4 is 29.9 Å². The Morgan fingerprint density at radius 2 is 2.31 bits per heavy atom. The van der Waals surface area contributed by atoms with Gasteiger partial charge in [0, 0.05) is 18.3 Å². The number of halogens is 2. The van der Waals surface area contributed by atoms with E-state index in [1.54, 1.807) is 13.1 Å². The molecule has 0 aliphatic rings. The second-order valence-electron chi connectivity index (χ2n) is 2.04. The largest absolute Gasteiger partial charge is 0.370 e. The molecule has 0 aliphatic carbocycles. The number of hydrogen-bond acceptors (Lipinski definition) is 2. The van der Waals surface area contributed by atoms with E-state index in [1.165, 1.54) is 0 Å². The van der Waals surface area contributed by atoms with Gasteiger partial charge in [-0.2, -0.15) is 5.10 Å². The molecular weight excluding hydrogens is 213 g/mol. The van der Waals surface area contributed by atoms with Gasteiger partial charge in [0.25, 0.3) is 0 Å². The molecule has 4 nitrogen and oxygen atoms in total. The summed E-state index contributed by atoms with van der Waals surface area (Å²) in [5.74, 6) is 0.269. The maximum absolute atomic E-state index is 9.59. The lowest BCUT2D eigenvalue weighted by Gasteiger charge is -1.77. The van der Waals surface area contributed by atoms with Crippen molar-refractivity contribution in [3.05, 3.63) is 18.0 Å². The number of carbonyl (C=O) groups is 1. The third-order valence-corrected chi connectivity index (χ3v) is 1.34. The molecule has 0 radical (unpaired) electrons. The molecule has 1 aromatic rings.